The van der Waals surface area contributed by atoms with E-state index >= 15 is 0 Å². The highest BCUT2D eigenvalue weighted by molar-refractivity contribution is 5.90. The number of aliphatic hydroxyl groups excluding tert-OH is 7. The van der Waals surface area contributed by atoms with Crippen LogP contribution >= 0.6 is 0 Å². The van der Waals surface area contributed by atoms with Gasteiger partial charge < -0.3 is 79.5 Å². The molecule has 2 aromatic rings. The number of ether oxygens (including phenoxy) is 6. The van der Waals surface area contributed by atoms with Gasteiger partial charge in [0.05, 0.1) is 18.2 Å². The lowest BCUT2D eigenvalue weighted by Gasteiger charge is -2.40. The maximum Gasteiger partial charge on any atom is 0.317 e. The number of carboxylic acids is 1. The molecule has 1 unspecified atom stereocenters. The molecule has 5 rings (SSSR count). The predicted octanol–water partition coefficient (Wildman–Crippen LogP) is -2.54. The van der Waals surface area contributed by atoms with E-state index in [4.69, 9.17) is 28.8 Å². The van der Waals surface area contributed by atoms with Gasteiger partial charge in [0.25, 0.3) is 11.9 Å². The molecule has 18 heteroatoms. The van der Waals surface area contributed by atoms with E-state index in [0.29, 0.717) is 5.56 Å². The lowest BCUT2D eigenvalue weighted by Crippen LogP contribution is -2.60. The van der Waals surface area contributed by atoms with Crippen LogP contribution in [0.15, 0.2) is 42.2 Å². The Morgan fingerprint density at radius 1 is 0.792 bits per heavy atom. The van der Waals surface area contributed by atoms with Crippen molar-refractivity contribution in [2.75, 3.05) is 13.2 Å². The van der Waals surface area contributed by atoms with Gasteiger partial charge in [0.2, 0.25) is 12.6 Å². The number of carbonyl (C=O) groups excluding carboxylic acids is 1. The van der Waals surface area contributed by atoms with Crippen LogP contribution in [0.25, 0.3) is 6.08 Å². The maximum absolute atomic E-state index is 11.7. The molecule has 0 amide bonds. The Kier molecular flexibility index (Phi) is 10.6. The number of phenolic OH excluding ortho intramolecular Hbond substituents is 2. The molecule has 3 aliphatic rings. The summed E-state index contributed by atoms with van der Waals surface area (Å²) in [5.41, 5.74) is 0.501. The van der Waals surface area contributed by atoms with Gasteiger partial charge in [-0.25, -0.2) is 0 Å². The van der Waals surface area contributed by atoms with Crippen molar-refractivity contribution in [3.05, 3.63) is 53.3 Å². The van der Waals surface area contributed by atoms with E-state index in [-0.39, 0.29) is 28.6 Å². The summed E-state index contributed by atoms with van der Waals surface area (Å²) in [4.78, 5) is 22.5. The molecule has 2 fully saturated rings. The Labute approximate surface area is 270 Å². The van der Waals surface area contributed by atoms with Crippen LogP contribution < -0.4 is 4.74 Å². The fourth-order valence-electron chi connectivity index (χ4n) is 5.27. The van der Waals surface area contributed by atoms with Crippen LogP contribution in [-0.4, -0.2) is 142 Å². The molecule has 0 aromatic heterocycles. The van der Waals surface area contributed by atoms with Gasteiger partial charge >= 0.3 is 11.9 Å². The summed E-state index contributed by atoms with van der Waals surface area (Å²) in [6, 6.07) is 8.20. The van der Waals surface area contributed by atoms with Gasteiger partial charge in [-0.3, -0.25) is 9.59 Å². The first-order chi connectivity index (χ1) is 22.8. The molecule has 48 heavy (non-hydrogen) atoms. The molecule has 2 aromatic carbocycles. The Morgan fingerprint density at radius 2 is 1.40 bits per heavy atom. The van der Waals surface area contributed by atoms with E-state index in [2.05, 4.69) is 4.74 Å². The molecule has 262 valence electrons. The number of carboxylic acid groups (broad SMARTS) is 1. The third kappa shape index (κ3) is 7.41. The number of phenols is 2. The van der Waals surface area contributed by atoms with E-state index in [1.807, 2.05) is 0 Å². The average molecular weight is 684 g/mol. The highest BCUT2D eigenvalue weighted by Crippen LogP contribution is 2.46. The van der Waals surface area contributed by atoms with Crippen molar-refractivity contribution >= 4 is 18.0 Å². The Balaban J connectivity index is 1.42. The highest BCUT2D eigenvalue weighted by atomic mass is 16.7. The minimum absolute atomic E-state index is 0.0552. The van der Waals surface area contributed by atoms with Gasteiger partial charge in [-0.15, -0.1) is 0 Å². The summed E-state index contributed by atoms with van der Waals surface area (Å²) in [6.07, 6.45) is -17.2. The number of rotatable bonds is 10. The molecule has 11 atom stereocenters. The minimum atomic E-state index is -1.86. The predicted molar refractivity (Wildman–Crippen MR) is 154 cm³/mol. The minimum Gasteiger partial charge on any atom is -0.571 e. The third-order valence-corrected chi connectivity index (χ3v) is 7.87. The van der Waals surface area contributed by atoms with Gasteiger partial charge in [0, 0.05) is 12.1 Å². The molecule has 2 saturated heterocycles. The van der Waals surface area contributed by atoms with Crippen molar-refractivity contribution in [2.24, 2.45) is 0 Å². The fraction of sp³-hybridized carbons (Fsp3) is 0.467. The Morgan fingerprint density at radius 3 is 2.02 bits per heavy atom. The average Bonchev–Trinajstić information content (AvgIpc) is 3.04. The molecule has 11 N–H and O–H groups in total. The summed E-state index contributed by atoms with van der Waals surface area (Å²) in [6.45, 7) is -1.38. The Bertz CT molecular complexity index is 1490. The first kappa shape index (κ1) is 35.1. The number of esters is 1. The van der Waals surface area contributed by atoms with Crippen molar-refractivity contribution in [2.45, 2.75) is 73.9 Å². The van der Waals surface area contributed by atoms with Crippen molar-refractivity contribution < 1.29 is 89.1 Å². The first-order valence-corrected chi connectivity index (χ1v) is 14.6. The SMILES string of the molecule is O=C(O)CC(=O)OC[C@H]1O[C@@H](OC2=Cc3c(O)cc(O[C@@H]4O[C@@H](CO)[C@@H](O)[C@H](O)[C@H]4O)cc3[OH+]C2c2ccc(O)cc2)[C@H](O)[C@@H](O)[C@@H]1O. The van der Waals surface area contributed by atoms with Crippen LogP contribution in [0, 0.1) is 0 Å². The van der Waals surface area contributed by atoms with E-state index in [1.54, 1.807) is 0 Å². The number of aliphatic hydroxyl groups is 8. The summed E-state index contributed by atoms with van der Waals surface area (Å²) in [5.74, 6) is -3.12. The van der Waals surface area contributed by atoms with Crippen LogP contribution in [0.2, 0.25) is 0 Å². The van der Waals surface area contributed by atoms with Gasteiger partial charge in [-0.1, -0.05) is 0 Å². The summed E-state index contributed by atoms with van der Waals surface area (Å²) >= 11 is 0. The first-order valence-electron chi connectivity index (χ1n) is 14.6. The molecular formula is C30H35O18+. The highest BCUT2D eigenvalue weighted by Gasteiger charge is 2.48. The molecule has 0 aliphatic carbocycles. The van der Waals surface area contributed by atoms with E-state index in [1.165, 1.54) is 36.4 Å². The maximum atomic E-state index is 11.7. The normalized spacial score (nSPS) is 33.1. The van der Waals surface area contributed by atoms with Gasteiger partial charge in [0.15, 0.2) is 5.76 Å². The zero-order chi connectivity index (χ0) is 34.9. The van der Waals surface area contributed by atoms with Crippen molar-refractivity contribution in [1.82, 2.24) is 0 Å². The number of hydrogen-bond acceptors (Lipinski definition) is 16. The van der Waals surface area contributed by atoms with Crippen LogP contribution in [-0.2, 0) is 28.5 Å². The second-order valence-corrected chi connectivity index (χ2v) is 11.2. The standard InChI is InChI=1S/C30H34O18/c31-9-18-22(37)24(39)26(41)29(47-18)44-13-5-15(33)14-7-17(28(45-16(14)6-13)11-1-3-12(32)4-2-11)46-30-27(42)25(40)23(38)19(48-30)10-43-21(36)8-20(34)35/h1-7,18-19,22-33,37-42H,8-10H2,(H,34,35)/p+1/t18-,19+,22+,23+,24-,25-,26+,27+,28?,29+,30+/m0/s1. The number of fused-ring (bicyclic) bond motifs is 1. The fourth-order valence-corrected chi connectivity index (χ4v) is 5.27. The van der Waals surface area contributed by atoms with Gasteiger partial charge in [-0.2, -0.15) is 0 Å². The monoisotopic (exact) mass is 683 g/mol. The number of aromatic hydroxyl groups is 3. The van der Waals surface area contributed by atoms with Gasteiger partial charge in [0.1, 0.15) is 84.7 Å². The molecule has 0 saturated carbocycles. The molecule has 3 heterocycles. The zero-order valence-electron chi connectivity index (χ0n) is 24.8. The smallest absolute Gasteiger partial charge is 0.317 e. The quantitative estimate of drug-likeness (QED) is 0.0701. The Hall–Kier alpha value is -4.24. The lowest BCUT2D eigenvalue weighted by atomic mass is 9.98. The van der Waals surface area contributed by atoms with Gasteiger partial charge in [-0.05, 0) is 24.3 Å². The summed E-state index contributed by atoms with van der Waals surface area (Å²) < 4.78 is 32.0. The molecule has 0 bridgehead atoms. The summed E-state index contributed by atoms with van der Waals surface area (Å²) in [5, 5.41) is 101. The summed E-state index contributed by atoms with van der Waals surface area (Å²) in [7, 11) is 0. The van der Waals surface area contributed by atoms with E-state index in [9.17, 15) is 55.5 Å². The molecule has 0 spiro atoms. The van der Waals surface area contributed by atoms with E-state index < -0.39 is 105 Å². The zero-order valence-corrected chi connectivity index (χ0v) is 24.8. The molecule has 18 nitrogen and oxygen atoms in total. The second-order valence-electron chi connectivity index (χ2n) is 11.2. The van der Waals surface area contributed by atoms with Crippen LogP contribution in [0.4, 0.5) is 0 Å². The molecular weight excluding hydrogens is 648 g/mol. The topological polar surface area (TPSA) is 295 Å². The van der Waals surface area contributed by atoms with Crippen molar-refractivity contribution in [3.63, 3.8) is 0 Å². The molecule has 3 aliphatic heterocycles. The van der Waals surface area contributed by atoms with Crippen LogP contribution in [0.1, 0.15) is 23.7 Å². The lowest BCUT2D eigenvalue weighted by molar-refractivity contribution is -0.296. The van der Waals surface area contributed by atoms with Crippen molar-refractivity contribution in [3.8, 4) is 23.0 Å². The number of carbonyl (C=O) groups is 2. The van der Waals surface area contributed by atoms with Crippen molar-refractivity contribution in [1.29, 1.82) is 0 Å². The third-order valence-electron chi connectivity index (χ3n) is 7.87. The second kappa shape index (κ2) is 14.5. The van der Waals surface area contributed by atoms with Crippen LogP contribution in [0.5, 0.6) is 23.0 Å². The number of aliphatic carboxylic acids is 1. The van der Waals surface area contributed by atoms with E-state index in [0.717, 1.165) is 6.07 Å². The molecule has 0 radical (unpaired) electrons. The number of hydrogen-bond donors (Lipinski definition) is 10. The number of benzene rings is 2. The largest absolute Gasteiger partial charge is 0.571 e. The van der Waals surface area contributed by atoms with Crippen LogP contribution in [0.3, 0.4) is 0 Å².